The smallest absolute Gasteiger partial charge is 0.228 e. The summed E-state index contributed by atoms with van der Waals surface area (Å²) in [4.78, 5) is 8.29. The van der Waals surface area contributed by atoms with Gasteiger partial charge in [0.1, 0.15) is 11.8 Å². The largest absolute Gasteiger partial charge is 0.383 e. The Morgan fingerprint density at radius 1 is 1.25 bits per heavy atom. The Bertz CT molecular complexity index is 1390. The standard InChI is InChI=1S/C25H27ClF2N8/c1-13-16(6-7-19(27)32-13)22(23-24(28)36(5)35-34-23)33-15-8-17-20(31-12-25(2,3)4)14(10-29)11-30-21(17)18(26)9-15/h6-9,11,22,33-35H,12H2,1-5H3,(H,30,31)/t22-/m0/s1. The molecule has 1 aliphatic rings. The van der Waals surface area contributed by atoms with Crippen LogP contribution in [-0.2, 0) is 0 Å². The number of aryl methyl sites for hydroxylation is 1. The minimum absolute atomic E-state index is 0.0443. The SMILES string of the molecule is Cc1nc(F)ccc1[C@H](Nc1cc(Cl)c2ncc(C#N)c(NCC(C)(C)C)c2c1)C1=C(F)N(C)NN1. The Balaban J connectivity index is 1.84. The van der Waals surface area contributed by atoms with Gasteiger partial charge >= 0.3 is 0 Å². The van der Waals surface area contributed by atoms with Crippen LogP contribution in [0.1, 0.15) is 43.6 Å². The van der Waals surface area contributed by atoms with E-state index in [0.717, 1.165) is 0 Å². The van der Waals surface area contributed by atoms with Gasteiger partial charge < -0.3 is 16.1 Å². The van der Waals surface area contributed by atoms with Crippen molar-refractivity contribution in [3.05, 3.63) is 69.9 Å². The molecule has 0 bridgehead atoms. The van der Waals surface area contributed by atoms with Gasteiger partial charge in [0.25, 0.3) is 0 Å². The Kier molecular flexibility index (Phi) is 6.89. The number of benzene rings is 1. The third kappa shape index (κ3) is 5.12. The summed E-state index contributed by atoms with van der Waals surface area (Å²) in [5, 5.41) is 18.6. The van der Waals surface area contributed by atoms with Crippen LogP contribution >= 0.6 is 11.6 Å². The highest BCUT2D eigenvalue weighted by molar-refractivity contribution is 6.35. The van der Waals surface area contributed by atoms with Gasteiger partial charge in [-0.05, 0) is 30.5 Å². The van der Waals surface area contributed by atoms with E-state index in [9.17, 15) is 9.65 Å². The molecule has 1 aliphatic heterocycles. The summed E-state index contributed by atoms with van der Waals surface area (Å²) in [6.07, 6.45) is 1.49. The van der Waals surface area contributed by atoms with E-state index in [-0.39, 0.29) is 11.1 Å². The van der Waals surface area contributed by atoms with Crippen molar-refractivity contribution in [2.24, 2.45) is 5.41 Å². The minimum Gasteiger partial charge on any atom is -0.383 e. The summed E-state index contributed by atoms with van der Waals surface area (Å²) in [5.74, 6) is -1.17. The lowest BCUT2D eigenvalue weighted by Crippen LogP contribution is -2.35. The third-order valence-electron chi connectivity index (χ3n) is 5.72. The van der Waals surface area contributed by atoms with Crippen molar-refractivity contribution < 1.29 is 8.78 Å². The molecule has 3 heterocycles. The first-order chi connectivity index (χ1) is 17.0. The maximum Gasteiger partial charge on any atom is 0.228 e. The molecule has 4 rings (SSSR count). The van der Waals surface area contributed by atoms with Crippen molar-refractivity contribution in [2.75, 3.05) is 24.2 Å². The van der Waals surface area contributed by atoms with E-state index in [1.807, 2.05) is 6.07 Å². The van der Waals surface area contributed by atoms with Crippen LogP contribution in [0.25, 0.3) is 10.9 Å². The van der Waals surface area contributed by atoms with E-state index in [1.165, 1.54) is 24.3 Å². The van der Waals surface area contributed by atoms with E-state index in [4.69, 9.17) is 11.6 Å². The van der Waals surface area contributed by atoms with E-state index >= 15 is 4.39 Å². The van der Waals surface area contributed by atoms with Crippen molar-refractivity contribution in [1.82, 2.24) is 25.9 Å². The molecule has 0 spiro atoms. The van der Waals surface area contributed by atoms with Crippen LogP contribution in [0.3, 0.4) is 0 Å². The van der Waals surface area contributed by atoms with Crippen LogP contribution in [0.5, 0.6) is 0 Å². The van der Waals surface area contributed by atoms with Crippen LogP contribution in [0.15, 0.2) is 42.1 Å². The molecule has 0 saturated heterocycles. The molecule has 0 saturated carbocycles. The monoisotopic (exact) mass is 512 g/mol. The zero-order chi connectivity index (χ0) is 26.2. The van der Waals surface area contributed by atoms with Crippen LogP contribution in [0, 0.1) is 29.6 Å². The quantitative estimate of drug-likeness (QED) is 0.260. The zero-order valence-corrected chi connectivity index (χ0v) is 21.3. The van der Waals surface area contributed by atoms with Crippen LogP contribution in [0.4, 0.5) is 20.2 Å². The van der Waals surface area contributed by atoms with Gasteiger partial charge in [0.15, 0.2) is 0 Å². The summed E-state index contributed by atoms with van der Waals surface area (Å²) in [7, 11) is 1.53. The Labute approximate surface area is 213 Å². The van der Waals surface area contributed by atoms with E-state index in [0.29, 0.717) is 50.7 Å². The highest BCUT2D eigenvalue weighted by Gasteiger charge is 2.30. The minimum atomic E-state index is -0.762. The Hall–Kier alpha value is -3.68. The number of pyridine rings is 2. The lowest BCUT2D eigenvalue weighted by Gasteiger charge is -2.24. The number of anilines is 2. The molecule has 1 atom stereocenters. The maximum absolute atomic E-state index is 15.0. The van der Waals surface area contributed by atoms with Crippen molar-refractivity contribution in [2.45, 2.75) is 33.7 Å². The molecule has 0 aliphatic carbocycles. The fourth-order valence-corrected chi connectivity index (χ4v) is 4.17. The molecule has 4 N–H and O–H groups in total. The number of nitrogens with one attached hydrogen (secondary N) is 4. The van der Waals surface area contributed by atoms with Crippen LogP contribution < -0.4 is 21.6 Å². The van der Waals surface area contributed by atoms with Gasteiger partial charge in [-0.25, -0.2) is 4.98 Å². The molecular weight excluding hydrogens is 486 g/mol. The van der Waals surface area contributed by atoms with Gasteiger partial charge in [0, 0.05) is 42.1 Å². The van der Waals surface area contributed by atoms with Gasteiger partial charge in [-0.15, -0.1) is 5.53 Å². The topological polar surface area (TPSA) is 101 Å². The number of hydrazine groups is 2. The fraction of sp³-hybridized carbons (Fsp3) is 0.320. The van der Waals surface area contributed by atoms with Crippen molar-refractivity contribution >= 4 is 33.9 Å². The molecule has 2 aromatic heterocycles. The molecule has 36 heavy (non-hydrogen) atoms. The number of nitriles is 1. The number of rotatable bonds is 6. The summed E-state index contributed by atoms with van der Waals surface area (Å²) in [6, 6.07) is 7.70. The first-order valence-electron chi connectivity index (χ1n) is 11.3. The van der Waals surface area contributed by atoms with Crippen molar-refractivity contribution in [1.29, 1.82) is 5.26 Å². The van der Waals surface area contributed by atoms with Gasteiger partial charge in [-0.3, -0.25) is 9.99 Å². The normalized spacial score (nSPS) is 14.6. The first kappa shape index (κ1) is 25.4. The predicted octanol–water partition coefficient (Wildman–Crippen LogP) is 5.31. The second-order valence-electron chi connectivity index (χ2n) is 9.81. The fourth-order valence-electron chi connectivity index (χ4n) is 3.91. The lowest BCUT2D eigenvalue weighted by molar-refractivity contribution is 0.251. The lowest BCUT2D eigenvalue weighted by atomic mass is 9.96. The number of aromatic nitrogens is 2. The van der Waals surface area contributed by atoms with Gasteiger partial charge in [0.2, 0.25) is 11.9 Å². The number of hydrogen-bond donors (Lipinski definition) is 4. The van der Waals surface area contributed by atoms with Crippen LogP contribution in [-0.4, -0.2) is 28.6 Å². The first-order valence-corrected chi connectivity index (χ1v) is 11.7. The highest BCUT2D eigenvalue weighted by Crippen LogP contribution is 2.37. The molecule has 0 unspecified atom stereocenters. The number of fused-ring (bicyclic) bond motifs is 1. The molecule has 3 aromatic rings. The molecule has 0 radical (unpaired) electrons. The Morgan fingerprint density at radius 2 is 2.00 bits per heavy atom. The zero-order valence-electron chi connectivity index (χ0n) is 20.6. The maximum atomic E-state index is 15.0. The number of halogens is 3. The molecule has 188 valence electrons. The van der Waals surface area contributed by atoms with Crippen LogP contribution in [0.2, 0.25) is 5.02 Å². The molecule has 0 fully saturated rings. The number of hydrogen-bond acceptors (Lipinski definition) is 8. The summed E-state index contributed by atoms with van der Waals surface area (Å²) < 4.78 is 28.7. The summed E-state index contributed by atoms with van der Waals surface area (Å²) in [5.41, 5.74) is 8.72. The highest BCUT2D eigenvalue weighted by atomic mass is 35.5. The summed E-state index contributed by atoms with van der Waals surface area (Å²) in [6.45, 7) is 8.52. The summed E-state index contributed by atoms with van der Waals surface area (Å²) >= 11 is 6.62. The van der Waals surface area contributed by atoms with Crippen molar-refractivity contribution in [3.8, 4) is 6.07 Å². The Morgan fingerprint density at radius 3 is 2.61 bits per heavy atom. The van der Waals surface area contributed by atoms with Gasteiger partial charge in [-0.2, -0.15) is 14.0 Å². The molecule has 8 nitrogen and oxygen atoms in total. The van der Waals surface area contributed by atoms with Crippen molar-refractivity contribution in [3.63, 3.8) is 0 Å². The molecule has 11 heteroatoms. The predicted molar refractivity (Wildman–Crippen MR) is 137 cm³/mol. The molecule has 1 aromatic carbocycles. The third-order valence-corrected chi connectivity index (χ3v) is 6.01. The van der Waals surface area contributed by atoms with E-state index < -0.39 is 17.9 Å². The second-order valence-corrected chi connectivity index (χ2v) is 10.2. The van der Waals surface area contributed by atoms with E-state index in [1.54, 1.807) is 19.1 Å². The number of nitrogens with zero attached hydrogens (tertiary/aromatic N) is 4. The molecule has 0 amide bonds. The van der Waals surface area contributed by atoms with E-state index in [2.05, 4.69) is 58.4 Å². The second kappa shape index (κ2) is 9.76. The van der Waals surface area contributed by atoms with Gasteiger partial charge in [-0.1, -0.05) is 38.4 Å². The average molecular weight is 513 g/mol. The molecular formula is C25H27ClF2N8. The van der Waals surface area contributed by atoms with Gasteiger partial charge in [0.05, 0.1) is 27.8 Å². The average Bonchev–Trinajstić information content (AvgIpc) is 3.13.